The summed E-state index contributed by atoms with van der Waals surface area (Å²) in [6.07, 6.45) is 42.3. The van der Waals surface area contributed by atoms with Crippen molar-refractivity contribution in [1.29, 1.82) is 0 Å². The zero-order valence-electron chi connectivity index (χ0n) is 38.5. The van der Waals surface area contributed by atoms with E-state index in [9.17, 15) is 14.7 Å². The molecule has 0 radical (unpaired) electrons. The number of rotatable bonds is 45. The van der Waals surface area contributed by atoms with Crippen molar-refractivity contribution in [3.8, 4) is 0 Å². The van der Waals surface area contributed by atoms with Crippen molar-refractivity contribution in [2.75, 3.05) is 33.4 Å². The summed E-state index contributed by atoms with van der Waals surface area (Å²) in [7, 11) is 2.18. The van der Waals surface area contributed by atoms with Gasteiger partial charge in [-0.3, -0.25) is 9.59 Å². The van der Waals surface area contributed by atoms with E-state index in [0.29, 0.717) is 43.9 Å². The van der Waals surface area contributed by atoms with Gasteiger partial charge in [-0.1, -0.05) is 188 Å². The molecule has 0 spiro atoms. The standard InChI is InChI=1S/C50H99NO5/c1-6-10-14-18-20-22-28-37-47(35-26-17-13-9-4)45-56-50(54)41-32-24-30-39-48(51(5)42-33-43-52)38-29-23-31-40-49(53)55-44-46(34-25-16-12-8-3)36-27-21-19-15-11-7-2/h46-48,52H,6-45H2,1-5H3. The molecule has 0 saturated carbocycles. The number of ether oxygens (including phenoxy) is 2. The van der Waals surface area contributed by atoms with Gasteiger partial charge in [0, 0.05) is 32.0 Å². The monoisotopic (exact) mass is 794 g/mol. The smallest absolute Gasteiger partial charge is 0.305 e. The van der Waals surface area contributed by atoms with Crippen LogP contribution in [0.4, 0.5) is 0 Å². The van der Waals surface area contributed by atoms with Crippen molar-refractivity contribution in [2.24, 2.45) is 11.8 Å². The number of carbonyl (C=O) groups is 2. The van der Waals surface area contributed by atoms with E-state index in [1.807, 2.05) is 0 Å². The lowest BCUT2D eigenvalue weighted by atomic mass is 9.95. The minimum absolute atomic E-state index is 0.0152. The first kappa shape index (κ1) is 54.9. The van der Waals surface area contributed by atoms with Crippen molar-refractivity contribution in [3.05, 3.63) is 0 Å². The second kappa shape index (κ2) is 43.4. The molecule has 0 aromatic heterocycles. The van der Waals surface area contributed by atoms with E-state index in [2.05, 4.69) is 39.6 Å². The lowest BCUT2D eigenvalue weighted by Crippen LogP contribution is -2.33. The van der Waals surface area contributed by atoms with Gasteiger partial charge in [0.25, 0.3) is 0 Å². The van der Waals surface area contributed by atoms with Crippen molar-refractivity contribution in [1.82, 2.24) is 4.90 Å². The van der Waals surface area contributed by atoms with Crippen LogP contribution in [-0.4, -0.2) is 61.4 Å². The maximum atomic E-state index is 12.7. The number of aliphatic hydroxyl groups excluding tert-OH is 1. The molecule has 6 heteroatoms. The normalized spacial score (nSPS) is 13.3. The maximum Gasteiger partial charge on any atom is 0.305 e. The van der Waals surface area contributed by atoms with E-state index in [-0.39, 0.29) is 18.5 Å². The van der Waals surface area contributed by atoms with Gasteiger partial charge < -0.3 is 19.5 Å². The van der Waals surface area contributed by atoms with Gasteiger partial charge in [-0.25, -0.2) is 0 Å². The van der Waals surface area contributed by atoms with Crippen LogP contribution in [0.1, 0.15) is 259 Å². The van der Waals surface area contributed by atoms with Crippen LogP contribution in [0.15, 0.2) is 0 Å². The van der Waals surface area contributed by atoms with Crippen molar-refractivity contribution in [3.63, 3.8) is 0 Å². The number of carbonyl (C=O) groups excluding carboxylic acids is 2. The quantitative estimate of drug-likeness (QED) is 0.0489. The Labute approximate surface area is 350 Å². The molecule has 0 heterocycles. The second-order valence-corrected chi connectivity index (χ2v) is 17.7. The third-order valence-corrected chi connectivity index (χ3v) is 12.2. The molecule has 0 saturated heterocycles. The van der Waals surface area contributed by atoms with Gasteiger partial charge in [0.05, 0.1) is 13.2 Å². The Morgan fingerprint density at radius 3 is 1.09 bits per heavy atom. The zero-order chi connectivity index (χ0) is 41.2. The lowest BCUT2D eigenvalue weighted by Gasteiger charge is -2.28. The van der Waals surface area contributed by atoms with E-state index in [1.54, 1.807) is 0 Å². The highest BCUT2D eigenvalue weighted by Gasteiger charge is 2.17. The van der Waals surface area contributed by atoms with Gasteiger partial charge in [-0.05, 0) is 76.7 Å². The van der Waals surface area contributed by atoms with Gasteiger partial charge in [-0.15, -0.1) is 0 Å². The molecule has 0 aliphatic heterocycles. The number of esters is 2. The Balaban J connectivity index is 4.51. The number of unbranched alkanes of at least 4 members (excludes halogenated alkanes) is 21. The van der Waals surface area contributed by atoms with Gasteiger partial charge in [0.15, 0.2) is 0 Å². The average Bonchev–Trinajstić information content (AvgIpc) is 3.20. The van der Waals surface area contributed by atoms with E-state index in [1.165, 1.54) is 161 Å². The summed E-state index contributed by atoms with van der Waals surface area (Å²) in [6, 6.07) is 0.469. The fourth-order valence-corrected chi connectivity index (χ4v) is 8.25. The summed E-state index contributed by atoms with van der Waals surface area (Å²) < 4.78 is 11.7. The molecule has 3 atom stereocenters. The Hall–Kier alpha value is -1.14. The van der Waals surface area contributed by atoms with E-state index in [0.717, 1.165) is 64.3 Å². The van der Waals surface area contributed by atoms with Crippen molar-refractivity contribution in [2.45, 2.75) is 265 Å². The molecule has 334 valence electrons. The number of hydrogen-bond donors (Lipinski definition) is 1. The van der Waals surface area contributed by atoms with E-state index < -0.39 is 0 Å². The molecule has 0 aromatic rings. The summed E-state index contributed by atoms with van der Waals surface area (Å²) in [5.74, 6) is 1.00. The minimum Gasteiger partial charge on any atom is -0.465 e. The summed E-state index contributed by atoms with van der Waals surface area (Å²) in [5, 5.41) is 9.44. The van der Waals surface area contributed by atoms with Crippen LogP contribution in [-0.2, 0) is 19.1 Å². The summed E-state index contributed by atoms with van der Waals surface area (Å²) in [4.78, 5) is 27.8. The Morgan fingerprint density at radius 1 is 0.429 bits per heavy atom. The molecule has 0 aliphatic rings. The molecule has 0 rings (SSSR count). The minimum atomic E-state index is -0.0164. The highest BCUT2D eigenvalue weighted by atomic mass is 16.5. The summed E-state index contributed by atoms with van der Waals surface area (Å²) >= 11 is 0. The predicted molar refractivity (Wildman–Crippen MR) is 241 cm³/mol. The van der Waals surface area contributed by atoms with Crippen LogP contribution in [0.2, 0.25) is 0 Å². The van der Waals surface area contributed by atoms with Crippen LogP contribution in [0.5, 0.6) is 0 Å². The molecule has 56 heavy (non-hydrogen) atoms. The van der Waals surface area contributed by atoms with E-state index in [4.69, 9.17) is 9.47 Å². The molecular formula is C50H99NO5. The van der Waals surface area contributed by atoms with Crippen LogP contribution in [0, 0.1) is 11.8 Å². The SMILES string of the molecule is CCCCCCCCCC(CCCCCC)COC(=O)CCCCCC(CCCCCC(=O)OCC(CCCCCC)CCCCCCCC)N(C)CCCO. The summed E-state index contributed by atoms with van der Waals surface area (Å²) in [6.45, 7) is 11.4. The summed E-state index contributed by atoms with van der Waals surface area (Å²) in [5.41, 5.74) is 0. The number of hydrogen-bond acceptors (Lipinski definition) is 6. The number of nitrogens with zero attached hydrogens (tertiary/aromatic N) is 1. The topological polar surface area (TPSA) is 76.1 Å². The van der Waals surface area contributed by atoms with E-state index >= 15 is 0 Å². The van der Waals surface area contributed by atoms with Crippen LogP contribution in [0.25, 0.3) is 0 Å². The number of aliphatic hydroxyl groups is 1. The third kappa shape index (κ3) is 37.2. The second-order valence-electron chi connectivity index (χ2n) is 17.7. The molecule has 0 amide bonds. The van der Waals surface area contributed by atoms with Gasteiger partial charge in [0.1, 0.15) is 0 Å². The average molecular weight is 794 g/mol. The Morgan fingerprint density at radius 2 is 0.732 bits per heavy atom. The predicted octanol–water partition coefficient (Wildman–Crippen LogP) is 14.7. The van der Waals surface area contributed by atoms with Crippen LogP contribution in [0.3, 0.4) is 0 Å². The Kier molecular flexibility index (Phi) is 42.6. The largest absolute Gasteiger partial charge is 0.465 e. The third-order valence-electron chi connectivity index (χ3n) is 12.2. The highest BCUT2D eigenvalue weighted by molar-refractivity contribution is 5.69. The molecule has 1 N–H and O–H groups in total. The zero-order valence-corrected chi connectivity index (χ0v) is 38.5. The molecule has 3 unspecified atom stereocenters. The first-order valence-corrected chi connectivity index (χ1v) is 25.0. The fraction of sp³-hybridized carbons (Fsp3) is 0.960. The first-order chi connectivity index (χ1) is 27.4. The fourth-order valence-electron chi connectivity index (χ4n) is 8.25. The molecule has 6 nitrogen and oxygen atoms in total. The first-order valence-electron chi connectivity index (χ1n) is 25.0. The maximum absolute atomic E-state index is 12.7. The van der Waals surface area contributed by atoms with Gasteiger partial charge in [-0.2, -0.15) is 0 Å². The van der Waals surface area contributed by atoms with Crippen LogP contribution >= 0.6 is 0 Å². The molecule has 0 fully saturated rings. The highest BCUT2D eigenvalue weighted by Crippen LogP contribution is 2.22. The molecule has 0 bridgehead atoms. The molecule has 0 aliphatic carbocycles. The van der Waals surface area contributed by atoms with Crippen molar-refractivity contribution < 1.29 is 24.2 Å². The van der Waals surface area contributed by atoms with Crippen LogP contribution < -0.4 is 0 Å². The lowest BCUT2D eigenvalue weighted by molar-refractivity contribution is -0.146. The Bertz CT molecular complexity index is 821. The van der Waals surface area contributed by atoms with Gasteiger partial charge in [0.2, 0.25) is 0 Å². The van der Waals surface area contributed by atoms with Gasteiger partial charge >= 0.3 is 11.9 Å². The molecular weight excluding hydrogens is 695 g/mol. The molecule has 0 aromatic carbocycles. The van der Waals surface area contributed by atoms with Crippen molar-refractivity contribution >= 4 is 11.9 Å².